The van der Waals surface area contributed by atoms with Crippen molar-refractivity contribution >= 4 is 38.8 Å². The highest BCUT2D eigenvalue weighted by atomic mass is 32.2. The van der Waals surface area contributed by atoms with Gasteiger partial charge in [-0.3, -0.25) is 9.69 Å². The third-order valence-electron chi connectivity index (χ3n) is 3.66. The normalized spacial score (nSPS) is 25.5. The zero-order chi connectivity index (χ0) is 14.3. The fourth-order valence-corrected chi connectivity index (χ4v) is 4.81. The summed E-state index contributed by atoms with van der Waals surface area (Å²) in [7, 11) is -2.99. The number of para-hydroxylation sites is 1. The smallest absolute Gasteiger partial charge is 0.252 e. The Morgan fingerprint density at radius 2 is 1.90 bits per heavy atom. The molecule has 106 valence electrons. The minimum Gasteiger partial charge on any atom is -0.335 e. The van der Waals surface area contributed by atoms with Gasteiger partial charge in [-0.15, -0.1) is 0 Å². The average Bonchev–Trinajstić information content (AvgIpc) is 2.90. The van der Waals surface area contributed by atoms with Gasteiger partial charge in [0.2, 0.25) is 0 Å². The van der Waals surface area contributed by atoms with Crippen LogP contribution in [-0.2, 0) is 14.6 Å². The molecule has 1 amide bonds. The van der Waals surface area contributed by atoms with E-state index in [2.05, 4.69) is 0 Å². The Hall–Kier alpha value is -1.47. The molecule has 0 aliphatic carbocycles. The van der Waals surface area contributed by atoms with Crippen LogP contribution in [-0.4, -0.2) is 48.4 Å². The third kappa shape index (κ3) is 2.31. The zero-order valence-electron chi connectivity index (χ0n) is 10.7. The maximum absolute atomic E-state index is 12.2. The number of carbonyl (C=O) groups is 1. The van der Waals surface area contributed by atoms with Crippen LogP contribution in [0.25, 0.3) is 0 Å². The second kappa shape index (κ2) is 4.82. The van der Waals surface area contributed by atoms with Crippen LogP contribution >= 0.6 is 12.2 Å². The van der Waals surface area contributed by atoms with Gasteiger partial charge in [-0.25, -0.2) is 8.42 Å². The summed E-state index contributed by atoms with van der Waals surface area (Å²) < 4.78 is 23.1. The molecule has 0 saturated carbocycles. The second-order valence-electron chi connectivity index (χ2n) is 5.03. The summed E-state index contributed by atoms with van der Waals surface area (Å²) in [5.74, 6) is 0.157. The number of benzene rings is 1. The fourth-order valence-electron chi connectivity index (χ4n) is 2.66. The summed E-state index contributed by atoms with van der Waals surface area (Å²) in [6.07, 6.45) is 0.540. The van der Waals surface area contributed by atoms with Crippen LogP contribution < -0.4 is 4.90 Å². The van der Waals surface area contributed by atoms with E-state index >= 15 is 0 Å². The predicted octanol–water partition coefficient (Wildman–Crippen LogP) is 0.807. The van der Waals surface area contributed by atoms with E-state index in [1.54, 1.807) is 4.90 Å². The SMILES string of the molecule is O=C1CN([C@@H]2CCS(=O)(=O)C2)C(=S)N1c1ccccc1. The van der Waals surface area contributed by atoms with Gasteiger partial charge in [0.05, 0.1) is 17.2 Å². The molecule has 0 radical (unpaired) electrons. The van der Waals surface area contributed by atoms with Gasteiger partial charge in [0.15, 0.2) is 14.9 Å². The van der Waals surface area contributed by atoms with Crippen molar-refractivity contribution in [3.63, 3.8) is 0 Å². The summed E-state index contributed by atoms with van der Waals surface area (Å²) in [4.78, 5) is 15.4. The zero-order valence-corrected chi connectivity index (χ0v) is 12.4. The molecule has 20 heavy (non-hydrogen) atoms. The molecule has 2 heterocycles. The number of sulfone groups is 1. The number of rotatable bonds is 2. The molecule has 3 rings (SSSR count). The molecule has 0 aromatic heterocycles. The third-order valence-corrected chi connectivity index (χ3v) is 5.82. The van der Waals surface area contributed by atoms with Crippen molar-refractivity contribution < 1.29 is 13.2 Å². The lowest BCUT2D eigenvalue weighted by molar-refractivity contribution is -0.116. The summed E-state index contributed by atoms with van der Waals surface area (Å²) in [6, 6.07) is 9.01. The molecule has 0 N–H and O–H groups in total. The lowest BCUT2D eigenvalue weighted by Gasteiger charge is -2.25. The molecule has 0 spiro atoms. The van der Waals surface area contributed by atoms with E-state index in [0.717, 1.165) is 5.69 Å². The van der Waals surface area contributed by atoms with Gasteiger partial charge in [-0.2, -0.15) is 0 Å². The van der Waals surface area contributed by atoms with E-state index in [1.807, 2.05) is 30.3 Å². The second-order valence-corrected chi connectivity index (χ2v) is 7.63. The molecule has 2 aliphatic rings. The highest BCUT2D eigenvalue weighted by Crippen LogP contribution is 2.26. The van der Waals surface area contributed by atoms with Crippen molar-refractivity contribution in [2.45, 2.75) is 12.5 Å². The topological polar surface area (TPSA) is 57.7 Å². The van der Waals surface area contributed by atoms with Crippen molar-refractivity contribution in [1.82, 2.24) is 4.90 Å². The number of thiocarbonyl (C=S) groups is 1. The lowest BCUT2D eigenvalue weighted by Crippen LogP contribution is -2.39. The predicted molar refractivity (Wildman–Crippen MR) is 80.3 cm³/mol. The molecule has 2 saturated heterocycles. The Morgan fingerprint density at radius 3 is 2.50 bits per heavy atom. The van der Waals surface area contributed by atoms with E-state index < -0.39 is 9.84 Å². The van der Waals surface area contributed by atoms with E-state index in [9.17, 15) is 13.2 Å². The van der Waals surface area contributed by atoms with Crippen LogP contribution in [0.4, 0.5) is 5.69 Å². The highest BCUT2D eigenvalue weighted by Gasteiger charge is 2.41. The van der Waals surface area contributed by atoms with Crippen molar-refractivity contribution in [2.24, 2.45) is 0 Å². The van der Waals surface area contributed by atoms with E-state index in [1.165, 1.54) is 4.90 Å². The highest BCUT2D eigenvalue weighted by molar-refractivity contribution is 7.91. The summed E-state index contributed by atoms with van der Waals surface area (Å²) in [5, 5.41) is 0.406. The quantitative estimate of drug-likeness (QED) is 0.757. The molecule has 7 heteroatoms. The maximum Gasteiger partial charge on any atom is 0.252 e. The Morgan fingerprint density at radius 1 is 1.20 bits per heavy atom. The van der Waals surface area contributed by atoms with Gasteiger partial charge < -0.3 is 4.90 Å². The molecular formula is C13H14N2O3S2. The van der Waals surface area contributed by atoms with Crippen molar-refractivity contribution in [1.29, 1.82) is 0 Å². The molecule has 2 aliphatic heterocycles. The van der Waals surface area contributed by atoms with Crippen LogP contribution in [0.3, 0.4) is 0 Å². The summed E-state index contributed by atoms with van der Waals surface area (Å²) in [5.41, 5.74) is 0.728. The molecule has 2 fully saturated rings. The molecule has 1 atom stereocenters. The number of amides is 1. The van der Waals surface area contributed by atoms with Crippen LogP contribution in [0.15, 0.2) is 30.3 Å². The van der Waals surface area contributed by atoms with Gasteiger partial charge in [0, 0.05) is 6.04 Å². The molecule has 0 unspecified atom stereocenters. The Balaban J connectivity index is 1.85. The monoisotopic (exact) mass is 310 g/mol. The summed E-state index contributed by atoms with van der Waals surface area (Å²) in [6.45, 7) is 0.161. The van der Waals surface area contributed by atoms with Crippen molar-refractivity contribution in [3.8, 4) is 0 Å². The largest absolute Gasteiger partial charge is 0.335 e. The Bertz CT molecular complexity index is 657. The first-order valence-corrected chi connectivity index (χ1v) is 8.60. The Kier molecular flexibility index (Phi) is 3.25. The van der Waals surface area contributed by atoms with Crippen molar-refractivity contribution in [3.05, 3.63) is 30.3 Å². The molecule has 5 nitrogen and oxygen atoms in total. The van der Waals surface area contributed by atoms with Crippen LogP contribution in [0.2, 0.25) is 0 Å². The number of hydrogen-bond donors (Lipinski definition) is 0. The van der Waals surface area contributed by atoms with Gasteiger partial charge in [-0.1, -0.05) is 18.2 Å². The minimum atomic E-state index is -2.99. The fraction of sp³-hybridized carbons (Fsp3) is 0.385. The first kappa shape index (κ1) is 13.5. The van der Waals surface area contributed by atoms with Crippen LogP contribution in [0.1, 0.15) is 6.42 Å². The van der Waals surface area contributed by atoms with Gasteiger partial charge in [0.1, 0.15) is 6.54 Å². The van der Waals surface area contributed by atoms with E-state index in [-0.39, 0.29) is 30.0 Å². The minimum absolute atomic E-state index is 0.0864. The van der Waals surface area contributed by atoms with Gasteiger partial charge >= 0.3 is 0 Å². The van der Waals surface area contributed by atoms with E-state index in [4.69, 9.17) is 12.2 Å². The number of nitrogens with zero attached hydrogens (tertiary/aromatic N) is 2. The van der Waals surface area contributed by atoms with Gasteiger partial charge in [-0.05, 0) is 30.8 Å². The Labute approximate surface area is 123 Å². The first-order valence-electron chi connectivity index (χ1n) is 6.37. The standard InChI is InChI=1S/C13H14N2O3S2/c16-12-8-14(11-6-7-20(17,18)9-11)13(19)15(12)10-4-2-1-3-5-10/h1-5,11H,6-9H2/t11-/m1/s1. The lowest BCUT2D eigenvalue weighted by atomic mass is 10.2. The average molecular weight is 310 g/mol. The van der Waals surface area contributed by atoms with Crippen molar-refractivity contribution in [2.75, 3.05) is 23.0 Å². The van der Waals surface area contributed by atoms with Crippen LogP contribution in [0, 0.1) is 0 Å². The molecule has 1 aromatic rings. The molecular weight excluding hydrogens is 296 g/mol. The molecule has 1 aromatic carbocycles. The summed E-state index contributed by atoms with van der Waals surface area (Å²) >= 11 is 5.37. The van der Waals surface area contributed by atoms with Crippen LogP contribution in [0.5, 0.6) is 0 Å². The first-order chi connectivity index (χ1) is 9.48. The number of carbonyl (C=O) groups excluding carboxylic acids is 1. The molecule has 0 bridgehead atoms. The van der Waals surface area contributed by atoms with E-state index in [0.29, 0.717) is 11.5 Å². The number of hydrogen-bond acceptors (Lipinski definition) is 4. The van der Waals surface area contributed by atoms with Gasteiger partial charge in [0.25, 0.3) is 5.91 Å². The number of anilines is 1. The maximum atomic E-state index is 12.2.